The number of carbonyl (C=O) groups is 2. The third-order valence-corrected chi connectivity index (χ3v) is 5.42. The largest absolute Gasteiger partial charge is 0.450 e. The van der Waals surface area contributed by atoms with Crippen molar-refractivity contribution in [3.63, 3.8) is 0 Å². The lowest BCUT2D eigenvalue weighted by atomic mass is 10.0. The Morgan fingerprint density at radius 3 is 2.58 bits per heavy atom. The Bertz CT molecular complexity index is 1040. The molecule has 0 spiro atoms. The quantitative estimate of drug-likeness (QED) is 0.682. The summed E-state index contributed by atoms with van der Waals surface area (Å²) in [5.74, 6) is -0.121. The molecular weight excluding hydrogens is 392 g/mol. The highest BCUT2D eigenvalue weighted by Crippen LogP contribution is 2.22. The number of likely N-dealkylation sites (tertiary alicyclic amines) is 1. The fourth-order valence-corrected chi connectivity index (χ4v) is 3.81. The van der Waals surface area contributed by atoms with Crippen molar-refractivity contribution in [1.82, 2.24) is 20.0 Å². The van der Waals surface area contributed by atoms with Crippen molar-refractivity contribution in [3.05, 3.63) is 72.4 Å². The smallest absolute Gasteiger partial charge is 0.409 e. The van der Waals surface area contributed by atoms with E-state index in [0.717, 1.165) is 16.9 Å². The van der Waals surface area contributed by atoms with Gasteiger partial charge in [-0.25, -0.2) is 9.48 Å². The summed E-state index contributed by atoms with van der Waals surface area (Å²) in [6.45, 7) is 3.33. The number of hydrogen-bond acceptors (Lipinski definition) is 4. The van der Waals surface area contributed by atoms with Crippen LogP contribution in [0.15, 0.2) is 66.9 Å². The molecule has 4 rings (SSSR count). The first-order valence-electron chi connectivity index (χ1n) is 10.6. The second kappa shape index (κ2) is 9.47. The van der Waals surface area contributed by atoms with Gasteiger partial charge in [0.25, 0.3) is 5.91 Å². The molecule has 1 aliphatic rings. The predicted molar refractivity (Wildman–Crippen MR) is 118 cm³/mol. The summed E-state index contributed by atoms with van der Waals surface area (Å²) >= 11 is 0. The second-order valence-corrected chi connectivity index (χ2v) is 7.48. The maximum Gasteiger partial charge on any atom is 0.409 e. The van der Waals surface area contributed by atoms with Gasteiger partial charge in [-0.3, -0.25) is 4.79 Å². The summed E-state index contributed by atoms with van der Waals surface area (Å²) in [5.41, 5.74) is 3.43. The lowest BCUT2D eigenvalue weighted by Gasteiger charge is -2.31. The van der Waals surface area contributed by atoms with Gasteiger partial charge in [0, 0.05) is 30.3 Å². The van der Waals surface area contributed by atoms with Crippen LogP contribution in [0.2, 0.25) is 0 Å². The molecule has 1 saturated heterocycles. The molecule has 3 aromatic rings. The molecule has 31 heavy (non-hydrogen) atoms. The fourth-order valence-electron chi connectivity index (χ4n) is 3.81. The summed E-state index contributed by atoms with van der Waals surface area (Å²) in [7, 11) is 0. The van der Waals surface area contributed by atoms with Crippen molar-refractivity contribution in [3.8, 4) is 16.9 Å². The zero-order chi connectivity index (χ0) is 21.6. The van der Waals surface area contributed by atoms with Crippen LogP contribution in [0.1, 0.15) is 30.1 Å². The third kappa shape index (κ3) is 4.77. The number of ether oxygens (including phenoxy) is 1. The van der Waals surface area contributed by atoms with Crippen molar-refractivity contribution in [2.75, 3.05) is 19.7 Å². The highest BCUT2D eigenvalue weighted by Gasteiger charge is 2.25. The molecule has 0 radical (unpaired) electrons. The van der Waals surface area contributed by atoms with Gasteiger partial charge in [-0.2, -0.15) is 5.10 Å². The van der Waals surface area contributed by atoms with Crippen LogP contribution in [-0.4, -0.2) is 52.4 Å². The zero-order valence-corrected chi connectivity index (χ0v) is 17.5. The number of nitrogens with one attached hydrogen (secondary N) is 1. The summed E-state index contributed by atoms with van der Waals surface area (Å²) < 4.78 is 6.89. The summed E-state index contributed by atoms with van der Waals surface area (Å²) in [4.78, 5) is 26.4. The van der Waals surface area contributed by atoms with Gasteiger partial charge in [-0.1, -0.05) is 36.4 Å². The van der Waals surface area contributed by atoms with Gasteiger partial charge in [-0.15, -0.1) is 0 Å². The van der Waals surface area contributed by atoms with Gasteiger partial charge in [0.1, 0.15) is 0 Å². The Kier molecular flexibility index (Phi) is 6.31. The maximum absolute atomic E-state index is 12.9. The standard InChI is InChI=1S/C24H26N4O3/c1-2-31-24(30)27-15-12-20(13-16-27)26-23(29)19-9-6-10-21(17-19)28-22(11-14-25-28)18-7-4-3-5-8-18/h3-11,14,17,20H,2,12-13,15-16H2,1H3,(H,26,29). The number of rotatable bonds is 5. The first-order valence-corrected chi connectivity index (χ1v) is 10.6. The molecule has 0 aliphatic carbocycles. The minimum Gasteiger partial charge on any atom is -0.450 e. The van der Waals surface area contributed by atoms with Crippen molar-refractivity contribution in [2.24, 2.45) is 0 Å². The number of hydrogen-bond donors (Lipinski definition) is 1. The first-order chi connectivity index (χ1) is 15.2. The number of piperidine rings is 1. The second-order valence-electron chi connectivity index (χ2n) is 7.48. The van der Waals surface area contributed by atoms with Gasteiger partial charge < -0.3 is 15.0 Å². The molecule has 2 aromatic carbocycles. The molecule has 2 heterocycles. The zero-order valence-electron chi connectivity index (χ0n) is 17.5. The van der Waals surface area contributed by atoms with E-state index in [1.165, 1.54) is 0 Å². The molecule has 1 N–H and O–H groups in total. The molecule has 0 bridgehead atoms. The molecule has 0 atom stereocenters. The van der Waals surface area contributed by atoms with Gasteiger partial charge >= 0.3 is 6.09 Å². The fraction of sp³-hybridized carbons (Fsp3) is 0.292. The average Bonchev–Trinajstić information content (AvgIpc) is 3.30. The monoisotopic (exact) mass is 418 g/mol. The minimum absolute atomic E-state index is 0.0337. The average molecular weight is 418 g/mol. The summed E-state index contributed by atoms with van der Waals surface area (Å²) in [5, 5.41) is 7.55. The molecule has 0 saturated carbocycles. The van der Waals surface area contributed by atoms with Crippen molar-refractivity contribution in [2.45, 2.75) is 25.8 Å². The molecule has 1 fully saturated rings. The van der Waals surface area contributed by atoms with Crippen molar-refractivity contribution < 1.29 is 14.3 Å². The minimum atomic E-state index is -0.284. The molecule has 0 unspecified atom stereocenters. The number of carbonyl (C=O) groups excluding carboxylic acids is 2. The number of amides is 2. The van der Waals surface area contributed by atoms with E-state index in [1.807, 2.05) is 59.3 Å². The van der Waals surface area contributed by atoms with Gasteiger partial charge in [0.2, 0.25) is 0 Å². The summed E-state index contributed by atoms with van der Waals surface area (Å²) in [6, 6.07) is 19.5. The highest BCUT2D eigenvalue weighted by atomic mass is 16.6. The Morgan fingerprint density at radius 1 is 1.06 bits per heavy atom. The van der Waals surface area contributed by atoms with Crippen molar-refractivity contribution >= 4 is 12.0 Å². The SMILES string of the molecule is CCOC(=O)N1CCC(NC(=O)c2cccc(-n3nccc3-c3ccccc3)c2)CC1. The van der Waals surface area contributed by atoms with Gasteiger partial charge in [0.05, 0.1) is 24.2 Å². The molecule has 160 valence electrons. The van der Waals surface area contributed by atoms with Crippen LogP contribution < -0.4 is 5.32 Å². The van der Waals surface area contributed by atoms with Crippen molar-refractivity contribution in [1.29, 1.82) is 0 Å². The van der Waals surface area contributed by atoms with E-state index in [9.17, 15) is 9.59 Å². The lowest BCUT2D eigenvalue weighted by Crippen LogP contribution is -2.46. The molecule has 1 aliphatic heterocycles. The van der Waals surface area contributed by atoms with E-state index in [1.54, 1.807) is 24.1 Å². The number of aromatic nitrogens is 2. The maximum atomic E-state index is 12.9. The molecule has 7 nitrogen and oxygen atoms in total. The van der Waals surface area contributed by atoms with Crippen LogP contribution in [0.3, 0.4) is 0 Å². The lowest BCUT2D eigenvalue weighted by molar-refractivity contribution is 0.0860. The van der Waals surface area contributed by atoms with Crippen LogP contribution in [0.5, 0.6) is 0 Å². The van der Waals surface area contributed by atoms with E-state index in [0.29, 0.717) is 38.1 Å². The predicted octanol–water partition coefficient (Wildman–Crippen LogP) is 3.89. The van der Waals surface area contributed by atoms with E-state index >= 15 is 0 Å². The van der Waals surface area contributed by atoms with Crippen LogP contribution in [0.25, 0.3) is 16.9 Å². The van der Waals surface area contributed by atoms with E-state index < -0.39 is 0 Å². The summed E-state index contributed by atoms with van der Waals surface area (Å²) in [6.07, 6.45) is 2.89. The number of nitrogens with zero attached hydrogens (tertiary/aromatic N) is 3. The molecule has 2 amide bonds. The van der Waals surface area contributed by atoms with E-state index in [4.69, 9.17) is 4.74 Å². The van der Waals surface area contributed by atoms with Gasteiger partial charge in [0.15, 0.2) is 0 Å². The van der Waals surface area contributed by atoms with Crippen LogP contribution in [-0.2, 0) is 4.74 Å². The topological polar surface area (TPSA) is 76.5 Å². The Hall–Kier alpha value is -3.61. The molecule has 7 heteroatoms. The highest BCUT2D eigenvalue weighted by molar-refractivity contribution is 5.95. The Balaban J connectivity index is 1.43. The normalized spacial score (nSPS) is 14.3. The Morgan fingerprint density at radius 2 is 1.84 bits per heavy atom. The van der Waals surface area contributed by atoms with Crippen LogP contribution in [0.4, 0.5) is 4.79 Å². The van der Waals surface area contributed by atoms with Crippen LogP contribution >= 0.6 is 0 Å². The first kappa shape index (κ1) is 20.7. The van der Waals surface area contributed by atoms with E-state index in [2.05, 4.69) is 10.4 Å². The molecule has 1 aromatic heterocycles. The molecular formula is C24H26N4O3. The Labute approximate surface area is 181 Å². The van der Waals surface area contributed by atoms with E-state index in [-0.39, 0.29) is 18.0 Å². The van der Waals surface area contributed by atoms with Gasteiger partial charge in [-0.05, 0) is 44.0 Å². The third-order valence-electron chi connectivity index (χ3n) is 5.42. The van der Waals surface area contributed by atoms with Crippen LogP contribution in [0, 0.1) is 0 Å². The number of benzene rings is 2.